The lowest BCUT2D eigenvalue weighted by Gasteiger charge is -2.22. The van der Waals surface area contributed by atoms with E-state index in [9.17, 15) is 4.79 Å². The van der Waals surface area contributed by atoms with E-state index in [4.69, 9.17) is 0 Å². The summed E-state index contributed by atoms with van der Waals surface area (Å²) in [5.74, 6) is 0.0232. The van der Waals surface area contributed by atoms with Gasteiger partial charge in [0.2, 0.25) is 5.91 Å². The van der Waals surface area contributed by atoms with Crippen LogP contribution in [0.5, 0.6) is 0 Å². The molecule has 0 aromatic carbocycles. The highest BCUT2D eigenvalue weighted by atomic mass is 79.9. The van der Waals surface area contributed by atoms with Crippen molar-refractivity contribution in [1.29, 1.82) is 0 Å². The number of hydrogen-bond acceptors (Lipinski definition) is 4. The lowest BCUT2D eigenvalue weighted by atomic mass is 9.92. The Bertz CT molecular complexity index is 622. The summed E-state index contributed by atoms with van der Waals surface area (Å²) in [6.45, 7) is 5.05. The van der Waals surface area contributed by atoms with Gasteiger partial charge >= 0.3 is 0 Å². The molecule has 2 rings (SSSR count). The Kier molecular flexibility index (Phi) is 4.39. The predicted octanol–water partition coefficient (Wildman–Crippen LogP) is 1.35. The maximum Gasteiger partial charge on any atom is 0.226 e. The summed E-state index contributed by atoms with van der Waals surface area (Å²) in [5.41, 5.74) is 1.38. The van der Waals surface area contributed by atoms with Crippen molar-refractivity contribution in [2.24, 2.45) is 5.41 Å². The van der Waals surface area contributed by atoms with Gasteiger partial charge in [0.1, 0.15) is 4.60 Å². The lowest BCUT2D eigenvalue weighted by molar-refractivity contribution is -0.128. The highest BCUT2D eigenvalue weighted by Crippen LogP contribution is 2.14. The van der Waals surface area contributed by atoms with Crippen molar-refractivity contribution in [1.82, 2.24) is 25.0 Å². The Morgan fingerprint density at radius 2 is 2.15 bits per heavy atom. The van der Waals surface area contributed by atoms with E-state index < -0.39 is 5.41 Å². The first-order chi connectivity index (χ1) is 9.44. The number of nitrogens with one attached hydrogen (secondary N) is 2. The normalized spacial score (nSPS) is 11.8. The molecule has 1 amide bonds. The van der Waals surface area contributed by atoms with Gasteiger partial charge in [0.05, 0.1) is 23.5 Å². The summed E-state index contributed by atoms with van der Waals surface area (Å²) in [5, 5.41) is 5.97. The van der Waals surface area contributed by atoms with Crippen molar-refractivity contribution in [2.45, 2.75) is 20.4 Å². The topological polar surface area (TPSA) is 71.3 Å². The molecule has 0 unspecified atom stereocenters. The van der Waals surface area contributed by atoms with Gasteiger partial charge in [-0.15, -0.1) is 0 Å². The lowest BCUT2D eigenvalue weighted by Crippen LogP contribution is -2.41. The third-order valence-electron chi connectivity index (χ3n) is 3.16. The number of amides is 1. The van der Waals surface area contributed by atoms with Gasteiger partial charge < -0.3 is 10.6 Å². The molecule has 0 bridgehead atoms. The van der Waals surface area contributed by atoms with E-state index in [1.54, 1.807) is 13.2 Å². The summed E-state index contributed by atoms with van der Waals surface area (Å²) in [4.78, 5) is 20.1. The van der Waals surface area contributed by atoms with Gasteiger partial charge in [0.25, 0.3) is 0 Å². The fourth-order valence-electron chi connectivity index (χ4n) is 1.97. The van der Waals surface area contributed by atoms with Crippen molar-refractivity contribution in [2.75, 3.05) is 13.6 Å². The Hall–Kier alpha value is -1.47. The van der Waals surface area contributed by atoms with Crippen molar-refractivity contribution in [3.63, 3.8) is 0 Å². The van der Waals surface area contributed by atoms with Crippen molar-refractivity contribution < 1.29 is 4.79 Å². The molecule has 0 fully saturated rings. The molecule has 20 heavy (non-hydrogen) atoms. The average molecular weight is 340 g/mol. The number of halogens is 1. The minimum atomic E-state index is -0.447. The summed E-state index contributed by atoms with van der Waals surface area (Å²) in [6.07, 6.45) is 5.40. The second-order valence-corrected chi connectivity index (χ2v) is 6.07. The molecule has 6 nitrogen and oxygen atoms in total. The van der Waals surface area contributed by atoms with Crippen LogP contribution in [-0.2, 0) is 11.3 Å². The number of carbonyl (C=O) groups is 1. The van der Waals surface area contributed by atoms with Crippen LogP contribution in [0.4, 0.5) is 0 Å². The van der Waals surface area contributed by atoms with Crippen LogP contribution in [0.25, 0.3) is 5.65 Å². The van der Waals surface area contributed by atoms with E-state index in [1.165, 1.54) is 0 Å². The SMILES string of the molecule is CNC(=O)C(C)(C)CNCc1cnc2cnc(Br)cn12. The zero-order valence-corrected chi connectivity index (χ0v) is 13.4. The Morgan fingerprint density at radius 1 is 1.40 bits per heavy atom. The second kappa shape index (κ2) is 5.88. The minimum Gasteiger partial charge on any atom is -0.359 e. The maximum absolute atomic E-state index is 11.7. The van der Waals surface area contributed by atoms with Gasteiger partial charge in [-0.2, -0.15) is 0 Å². The van der Waals surface area contributed by atoms with E-state index in [-0.39, 0.29) is 5.91 Å². The standard InChI is InChI=1S/C13H18BrN5O/c1-13(2,12(20)15-3)8-16-4-9-5-18-11-6-17-10(14)7-19(9)11/h5-7,16H,4,8H2,1-3H3,(H,15,20). The number of carbonyl (C=O) groups excluding carboxylic acids is 1. The third-order valence-corrected chi connectivity index (χ3v) is 3.57. The predicted molar refractivity (Wildman–Crippen MR) is 80.2 cm³/mol. The molecule has 2 heterocycles. The fourth-order valence-corrected chi connectivity index (χ4v) is 2.28. The molecule has 7 heteroatoms. The third kappa shape index (κ3) is 3.16. The molecule has 2 aromatic heterocycles. The first kappa shape index (κ1) is 14.9. The molecule has 2 N–H and O–H groups in total. The van der Waals surface area contributed by atoms with Crippen LogP contribution < -0.4 is 10.6 Å². The molecule has 0 aliphatic rings. The number of hydrogen-bond donors (Lipinski definition) is 2. The minimum absolute atomic E-state index is 0.0232. The molecule has 0 saturated heterocycles. The highest BCUT2D eigenvalue weighted by molar-refractivity contribution is 9.10. The summed E-state index contributed by atoms with van der Waals surface area (Å²) < 4.78 is 2.73. The van der Waals surface area contributed by atoms with Crippen LogP contribution >= 0.6 is 15.9 Å². The molecule has 2 aromatic rings. The molecule has 0 aliphatic heterocycles. The van der Waals surface area contributed by atoms with Crippen LogP contribution in [0.1, 0.15) is 19.5 Å². The largest absolute Gasteiger partial charge is 0.359 e. The number of nitrogens with zero attached hydrogens (tertiary/aromatic N) is 3. The molecule has 0 aliphatic carbocycles. The first-order valence-electron chi connectivity index (χ1n) is 6.34. The monoisotopic (exact) mass is 339 g/mol. The summed E-state index contributed by atoms with van der Waals surface area (Å²) >= 11 is 3.35. The average Bonchev–Trinajstić information content (AvgIpc) is 2.80. The van der Waals surface area contributed by atoms with Gasteiger partial charge in [0.15, 0.2) is 5.65 Å². The zero-order chi connectivity index (χ0) is 14.8. The van der Waals surface area contributed by atoms with Gasteiger partial charge in [-0.25, -0.2) is 9.97 Å². The highest BCUT2D eigenvalue weighted by Gasteiger charge is 2.25. The van der Waals surface area contributed by atoms with E-state index in [0.29, 0.717) is 13.1 Å². The number of fused-ring (bicyclic) bond motifs is 1. The molecule has 108 valence electrons. The molecular weight excluding hydrogens is 322 g/mol. The number of aromatic nitrogens is 3. The maximum atomic E-state index is 11.7. The quantitative estimate of drug-likeness (QED) is 0.862. The molecule has 0 spiro atoms. The number of imidazole rings is 1. The Balaban J connectivity index is 2.03. The van der Waals surface area contributed by atoms with Crippen LogP contribution in [0.15, 0.2) is 23.2 Å². The summed E-state index contributed by atoms with van der Waals surface area (Å²) in [7, 11) is 1.65. The van der Waals surface area contributed by atoms with Crippen molar-refractivity contribution >= 4 is 27.5 Å². The van der Waals surface area contributed by atoms with Crippen LogP contribution in [0, 0.1) is 5.41 Å². The smallest absolute Gasteiger partial charge is 0.226 e. The van der Waals surface area contributed by atoms with E-state index in [1.807, 2.05) is 30.6 Å². The molecule has 0 radical (unpaired) electrons. The molecule has 0 saturated carbocycles. The van der Waals surface area contributed by atoms with Gasteiger partial charge in [-0.1, -0.05) is 0 Å². The van der Waals surface area contributed by atoms with Crippen molar-refractivity contribution in [3.8, 4) is 0 Å². The number of rotatable bonds is 5. The van der Waals surface area contributed by atoms with Crippen LogP contribution in [0.3, 0.4) is 0 Å². The second-order valence-electron chi connectivity index (χ2n) is 5.25. The summed E-state index contributed by atoms with van der Waals surface area (Å²) in [6, 6.07) is 0. The van der Waals surface area contributed by atoms with Gasteiger partial charge in [-0.3, -0.25) is 9.20 Å². The molecular formula is C13H18BrN5O. The van der Waals surface area contributed by atoms with Gasteiger partial charge in [0, 0.05) is 26.3 Å². The first-order valence-corrected chi connectivity index (χ1v) is 7.14. The fraction of sp³-hybridized carbons (Fsp3) is 0.462. The zero-order valence-electron chi connectivity index (χ0n) is 11.8. The van der Waals surface area contributed by atoms with E-state index >= 15 is 0 Å². The van der Waals surface area contributed by atoms with E-state index in [2.05, 4.69) is 36.5 Å². The van der Waals surface area contributed by atoms with Crippen molar-refractivity contribution in [3.05, 3.63) is 28.9 Å². The van der Waals surface area contributed by atoms with Crippen LogP contribution in [-0.4, -0.2) is 33.9 Å². The molecule has 0 atom stereocenters. The Labute approximate surface area is 126 Å². The van der Waals surface area contributed by atoms with Crippen LogP contribution in [0.2, 0.25) is 0 Å². The Morgan fingerprint density at radius 3 is 2.85 bits per heavy atom. The van der Waals surface area contributed by atoms with Gasteiger partial charge in [-0.05, 0) is 29.8 Å². The van der Waals surface area contributed by atoms with E-state index in [0.717, 1.165) is 15.9 Å².